The Kier molecular flexibility index (Phi) is 3.21. The van der Waals surface area contributed by atoms with Crippen LogP contribution in [-0.4, -0.2) is 17.9 Å². The van der Waals surface area contributed by atoms with E-state index in [1.54, 1.807) is 0 Å². The molecule has 4 atom stereocenters. The van der Waals surface area contributed by atoms with E-state index in [2.05, 4.69) is 12.2 Å². The van der Waals surface area contributed by atoms with Gasteiger partial charge < -0.3 is 9.47 Å². The predicted octanol–water partition coefficient (Wildman–Crippen LogP) is 4.07. The van der Waals surface area contributed by atoms with Crippen molar-refractivity contribution in [3.63, 3.8) is 0 Å². The first kappa shape index (κ1) is 14.5. The van der Waals surface area contributed by atoms with Crippen LogP contribution in [0.2, 0.25) is 0 Å². The van der Waals surface area contributed by atoms with E-state index in [-0.39, 0.29) is 23.8 Å². The molecule has 6 aliphatic carbocycles. The number of esters is 1. The maximum Gasteiger partial charge on any atom is 0.311 e. The lowest BCUT2D eigenvalue weighted by molar-refractivity contribution is -0.247. The molecule has 0 spiro atoms. The molecule has 6 aliphatic rings. The molecule has 0 aliphatic heterocycles. The monoisotopic (exact) mass is 316 g/mol. The summed E-state index contributed by atoms with van der Waals surface area (Å²) in [5.41, 5.74) is 0.0169. The Balaban J connectivity index is 1.21. The molecule has 0 aromatic heterocycles. The molecule has 4 unspecified atom stereocenters. The van der Waals surface area contributed by atoms with E-state index in [4.69, 9.17) is 9.47 Å². The second kappa shape index (κ2) is 5.08. The number of hydrogen-bond acceptors (Lipinski definition) is 3. The molecule has 3 nitrogen and oxygen atoms in total. The molecule has 23 heavy (non-hydrogen) atoms. The molecule has 6 bridgehead atoms. The summed E-state index contributed by atoms with van der Waals surface area (Å²) in [6, 6.07) is 0. The first-order chi connectivity index (χ1) is 11.1. The van der Waals surface area contributed by atoms with Crippen LogP contribution in [-0.2, 0) is 14.3 Å². The Labute approximate surface area is 138 Å². The molecule has 6 rings (SSSR count). The molecule has 126 valence electrons. The van der Waals surface area contributed by atoms with E-state index in [9.17, 15) is 4.79 Å². The van der Waals surface area contributed by atoms with Crippen molar-refractivity contribution in [3.8, 4) is 0 Å². The predicted molar refractivity (Wildman–Crippen MR) is 86.4 cm³/mol. The summed E-state index contributed by atoms with van der Waals surface area (Å²) in [7, 11) is 0. The Bertz CT molecular complexity index is 502. The summed E-state index contributed by atoms with van der Waals surface area (Å²) in [5, 5.41) is 0. The van der Waals surface area contributed by atoms with Gasteiger partial charge in [-0.2, -0.15) is 0 Å². The second-order valence-corrected chi connectivity index (χ2v) is 9.11. The molecule has 0 radical (unpaired) electrons. The van der Waals surface area contributed by atoms with Gasteiger partial charge in [-0.15, -0.1) is 0 Å². The van der Waals surface area contributed by atoms with Crippen LogP contribution in [0.4, 0.5) is 0 Å². The Hall–Kier alpha value is -0.830. The first-order valence-electron chi connectivity index (χ1n) is 9.65. The lowest BCUT2D eigenvalue weighted by Crippen LogP contribution is -2.53. The summed E-state index contributed by atoms with van der Waals surface area (Å²) in [4.78, 5) is 12.5. The SMILES string of the molecule is CC(OC(=O)C1CC2C=CC1C2)OC12CC3CC(CC(C3)C1)C2. The van der Waals surface area contributed by atoms with Crippen molar-refractivity contribution in [3.05, 3.63) is 12.2 Å². The zero-order valence-electron chi connectivity index (χ0n) is 14.1. The van der Waals surface area contributed by atoms with E-state index in [1.165, 1.54) is 38.5 Å². The fourth-order valence-electron chi connectivity index (χ4n) is 6.85. The van der Waals surface area contributed by atoms with Crippen LogP contribution < -0.4 is 0 Å². The topological polar surface area (TPSA) is 35.5 Å². The fraction of sp³-hybridized carbons (Fsp3) is 0.850. The number of allylic oxidation sites excluding steroid dienone is 2. The summed E-state index contributed by atoms with van der Waals surface area (Å²) in [5.74, 6) is 3.65. The number of carbonyl (C=O) groups excluding carboxylic acids is 1. The minimum absolute atomic E-state index is 0.0169. The van der Waals surface area contributed by atoms with Crippen LogP contribution in [0.25, 0.3) is 0 Å². The highest BCUT2D eigenvalue weighted by Gasteiger charge is 2.52. The maximum absolute atomic E-state index is 12.5. The van der Waals surface area contributed by atoms with Gasteiger partial charge in [0.2, 0.25) is 6.29 Å². The average Bonchev–Trinajstić information content (AvgIpc) is 3.07. The molecular formula is C20H28O3. The normalized spacial score (nSPS) is 50.5. The zero-order chi connectivity index (χ0) is 15.6. The van der Waals surface area contributed by atoms with Gasteiger partial charge in [0, 0.05) is 0 Å². The minimum Gasteiger partial charge on any atom is -0.436 e. The van der Waals surface area contributed by atoms with Gasteiger partial charge >= 0.3 is 5.97 Å². The highest BCUT2D eigenvalue weighted by molar-refractivity contribution is 5.74. The lowest BCUT2D eigenvalue weighted by Gasteiger charge is -2.56. The summed E-state index contributed by atoms with van der Waals surface area (Å²) in [6.07, 6.45) is 14.0. The number of ether oxygens (including phenoxy) is 2. The van der Waals surface area contributed by atoms with Gasteiger partial charge in [-0.3, -0.25) is 4.79 Å². The third-order valence-electron chi connectivity index (χ3n) is 7.26. The van der Waals surface area contributed by atoms with Crippen LogP contribution >= 0.6 is 0 Å². The van der Waals surface area contributed by atoms with Crippen molar-refractivity contribution in [1.29, 1.82) is 0 Å². The van der Waals surface area contributed by atoms with Crippen molar-refractivity contribution in [2.75, 3.05) is 0 Å². The minimum atomic E-state index is -0.387. The number of rotatable bonds is 4. The van der Waals surface area contributed by atoms with Gasteiger partial charge in [0.15, 0.2) is 0 Å². The fourth-order valence-corrected chi connectivity index (χ4v) is 6.85. The van der Waals surface area contributed by atoms with Gasteiger partial charge in [-0.1, -0.05) is 12.2 Å². The van der Waals surface area contributed by atoms with Crippen LogP contribution in [0.15, 0.2) is 12.2 Å². The molecule has 3 heteroatoms. The average molecular weight is 316 g/mol. The van der Waals surface area contributed by atoms with Gasteiger partial charge in [-0.05, 0) is 87.9 Å². The van der Waals surface area contributed by atoms with E-state index >= 15 is 0 Å². The van der Waals surface area contributed by atoms with Gasteiger partial charge in [0.05, 0.1) is 11.5 Å². The van der Waals surface area contributed by atoms with E-state index in [1.807, 2.05) is 6.92 Å². The Morgan fingerprint density at radius 3 is 2.17 bits per heavy atom. The maximum atomic E-state index is 12.5. The van der Waals surface area contributed by atoms with Crippen LogP contribution in [0, 0.1) is 35.5 Å². The molecule has 0 aromatic carbocycles. The van der Waals surface area contributed by atoms with E-state index < -0.39 is 0 Å². The molecule has 0 N–H and O–H groups in total. The Morgan fingerprint density at radius 1 is 1.00 bits per heavy atom. The highest BCUT2D eigenvalue weighted by Crippen LogP contribution is 2.57. The van der Waals surface area contributed by atoms with Crippen molar-refractivity contribution in [2.24, 2.45) is 35.5 Å². The van der Waals surface area contributed by atoms with Crippen molar-refractivity contribution >= 4 is 5.97 Å². The highest BCUT2D eigenvalue weighted by atomic mass is 16.7. The summed E-state index contributed by atoms with van der Waals surface area (Å²) in [6.45, 7) is 1.93. The standard InChI is InChI=1S/C20H28O3/c1-12(22-19(21)18-8-13-2-3-17(18)7-13)23-20-9-14-4-15(10-20)6-16(5-14)11-20/h2-3,12-18H,4-11H2,1H3. The molecule has 0 heterocycles. The van der Waals surface area contributed by atoms with Gasteiger partial charge in [-0.25, -0.2) is 0 Å². The van der Waals surface area contributed by atoms with E-state index in [0.717, 1.165) is 30.6 Å². The summed E-state index contributed by atoms with van der Waals surface area (Å²) < 4.78 is 12.1. The molecule has 0 amide bonds. The number of carbonyl (C=O) groups is 1. The molecule has 5 saturated carbocycles. The molecule has 0 saturated heterocycles. The number of hydrogen-bond donors (Lipinski definition) is 0. The quantitative estimate of drug-likeness (QED) is 0.445. The van der Waals surface area contributed by atoms with Gasteiger partial charge in [0.1, 0.15) is 0 Å². The third-order valence-corrected chi connectivity index (χ3v) is 7.26. The van der Waals surface area contributed by atoms with Crippen LogP contribution in [0.3, 0.4) is 0 Å². The second-order valence-electron chi connectivity index (χ2n) is 9.11. The smallest absolute Gasteiger partial charge is 0.311 e. The largest absolute Gasteiger partial charge is 0.436 e. The molecule has 0 aromatic rings. The number of fused-ring (bicyclic) bond motifs is 2. The Morgan fingerprint density at radius 2 is 1.65 bits per heavy atom. The van der Waals surface area contributed by atoms with Crippen molar-refractivity contribution in [2.45, 2.75) is 70.2 Å². The van der Waals surface area contributed by atoms with Crippen LogP contribution in [0.1, 0.15) is 58.3 Å². The third kappa shape index (κ3) is 2.47. The molecule has 5 fully saturated rings. The van der Waals surface area contributed by atoms with Crippen LogP contribution in [0.5, 0.6) is 0 Å². The van der Waals surface area contributed by atoms with Crippen molar-refractivity contribution < 1.29 is 14.3 Å². The lowest BCUT2D eigenvalue weighted by atomic mass is 9.54. The van der Waals surface area contributed by atoms with E-state index in [0.29, 0.717) is 11.8 Å². The molecular weight excluding hydrogens is 288 g/mol. The first-order valence-corrected chi connectivity index (χ1v) is 9.65. The van der Waals surface area contributed by atoms with Gasteiger partial charge in [0.25, 0.3) is 0 Å². The zero-order valence-corrected chi connectivity index (χ0v) is 14.1. The van der Waals surface area contributed by atoms with Crippen molar-refractivity contribution in [1.82, 2.24) is 0 Å². The summed E-state index contributed by atoms with van der Waals surface area (Å²) >= 11 is 0.